The van der Waals surface area contributed by atoms with E-state index in [1.54, 1.807) is 14.2 Å². The smallest absolute Gasteiger partial charge is 0.241 e. The van der Waals surface area contributed by atoms with Crippen LogP contribution in [0.3, 0.4) is 0 Å². The Morgan fingerprint density at radius 2 is 1.70 bits per heavy atom. The van der Waals surface area contributed by atoms with Gasteiger partial charge in [0.2, 0.25) is 5.91 Å². The molecule has 0 saturated carbocycles. The average Bonchev–Trinajstić information content (AvgIpc) is 2.63. The maximum atomic E-state index is 12.8. The number of aryl methyl sites for hydroxylation is 3. The fourth-order valence-electron chi connectivity index (χ4n) is 3.19. The van der Waals surface area contributed by atoms with Gasteiger partial charge in [-0.3, -0.25) is 9.69 Å². The lowest BCUT2D eigenvalue weighted by Crippen LogP contribution is -2.39. The lowest BCUT2D eigenvalue weighted by atomic mass is 10.0. The molecule has 5 nitrogen and oxygen atoms in total. The number of likely N-dealkylation sites (N-methyl/N-ethyl adjacent to an activating group) is 1. The van der Waals surface area contributed by atoms with Crippen molar-refractivity contribution >= 4 is 11.6 Å². The summed E-state index contributed by atoms with van der Waals surface area (Å²) in [7, 11) is 5.20. The van der Waals surface area contributed by atoms with E-state index in [9.17, 15) is 4.79 Å². The van der Waals surface area contributed by atoms with Crippen molar-refractivity contribution in [3.05, 3.63) is 52.6 Å². The average molecular weight is 370 g/mol. The number of nitrogens with one attached hydrogen (secondary N) is 1. The third kappa shape index (κ3) is 5.01. The molecule has 0 saturated heterocycles. The molecule has 1 atom stereocenters. The van der Waals surface area contributed by atoms with E-state index in [1.807, 2.05) is 50.9 Å². The molecule has 0 spiro atoms. The minimum absolute atomic E-state index is 0.0277. The third-order valence-corrected chi connectivity index (χ3v) is 4.88. The van der Waals surface area contributed by atoms with E-state index in [0.29, 0.717) is 6.54 Å². The molecule has 1 N–H and O–H groups in total. The van der Waals surface area contributed by atoms with Gasteiger partial charge in [0.15, 0.2) is 0 Å². The highest BCUT2D eigenvalue weighted by Gasteiger charge is 2.21. The first-order valence-corrected chi connectivity index (χ1v) is 9.06. The highest BCUT2D eigenvalue weighted by molar-refractivity contribution is 5.95. The number of hydrogen-bond acceptors (Lipinski definition) is 4. The quantitative estimate of drug-likeness (QED) is 0.798. The fourth-order valence-corrected chi connectivity index (χ4v) is 3.19. The van der Waals surface area contributed by atoms with Crippen molar-refractivity contribution in [2.24, 2.45) is 0 Å². The van der Waals surface area contributed by atoms with Crippen molar-refractivity contribution in [1.82, 2.24) is 4.90 Å². The Kier molecular flexibility index (Phi) is 6.86. The zero-order valence-electron chi connectivity index (χ0n) is 17.3. The summed E-state index contributed by atoms with van der Waals surface area (Å²) in [5.74, 6) is 1.47. The normalized spacial score (nSPS) is 12.0. The van der Waals surface area contributed by atoms with Gasteiger partial charge in [-0.15, -0.1) is 0 Å². The van der Waals surface area contributed by atoms with Gasteiger partial charge < -0.3 is 14.8 Å². The molecule has 0 unspecified atom stereocenters. The zero-order valence-corrected chi connectivity index (χ0v) is 17.3. The van der Waals surface area contributed by atoms with Gasteiger partial charge in [0.05, 0.1) is 20.3 Å². The van der Waals surface area contributed by atoms with E-state index < -0.39 is 0 Å². The summed E-state index contributed by atoms with van der Waals surface area (Å²) in [6.45, 7) is 8.60. The van der Waals surface area contributed by atoms with Gasteiger partial charge in [-0.1, -0.05) is 23.8 Å². The minimum Gasteiger partial charge on any atom is -0.497 e. The fraction of sp³-hybridized carbons (Fsp3) is 0.409. The molecule has 0 radical (unpaired) electrons. The predicted octanol–water partition coefficient (Wildman–Crippen LogP) is 4.09. The van der Waals surface area contributed by atoms with Crippen LogP contribution in [-0.2, 0) is 11.3 Å². The first-order valence-electron chi connectivity index (χ1n) is 9.06. The van der Waals surface area contributed by atoms with E-state index >= 15 is 0 Å². The van der Waals surface area contributed by atoms with Crippen LogP contribution in [0.5, 0.6) is 11.5 Å². The molecular formula is C22H30N2O3. The topological polar surface area (TPSA) is 50.8 Å². The monoisotopic (exact) mass is 370 g/mol. The van der Waals surface area contributed by atoms with Crippen molar-refractivity contribution in [1.29, 1.82) is 0 Å². The van der Waals surface area contributed by atoms with Crippen LogP contribution >= 0.6 is 0 Å². The minimum atomic E-state index is -0.295. The predicted molar refractivity (Wildman–Crippen MR) is 110 cm³/mol. The van der Waals surface area contributed by atoms with Gasteiger partial charge in [-0.2, -0.15) is 0 Å². The SMILES string of the molecule is COc1ccc(CN(C)[C@@H](C)C(=O)Nc2c(C)cc(C)cc2C)c(OC)c1. The zero-order chi connectivity index (χ0) is 20.1. The molecule has 1 amide bonds. The lowest BCUT2D eigenvalue weighted by molar-refractivity contribution is -0.120. The van der Waals surface area contributed by atoms with Crippen molar-refractivity contribution < 1.29 is 14.3 Å². The van der Waals surface area contributed by atoms with Crippen molar-refractivity contribution in [3.63, 3.8) is 0 Å². The Labute approximate surface area is 162 Å². The molecule has 0 aromatic heterocycles. The van der Waals surface area contributed by atoms with Crippen LogP contribution in [0.4, 0.5) is 5.69 Å². The number of rotatable bonds is 7. The standard InChI is InChI=1S/C22H30N2O3/c1-14-10-15(2)21(16(3)11-14)23-22(25)17(4)24(5)13-18-8-9-19(26-6)12-20(18)27-7/h8-12,17H,13H2,1-7H3,(H,23,25)/t17-/m0/s1. The summed E-state index contributed by atoms with van der Waals surface area (Å²) in [5.41, 5.74) is 5.25. The number of anilines is 1. The van der Waals surface area contributed by atoms with Crippen LogP contribution in [0.1, 0.15) is 29.2 Å². The summed E-state index contributed by atoms with van der Waals surface area (Å²) in [5, 5.41) is 3.09. The summed E-state index contributed by atoms with van der Waals surface area (Å²) in [4.78, 5) is 14.8. The van der Waals surface area contributed by atoms with Gasteiger partial charge in [-0.25, -0.2) is 0 Å². The molecule has 2 rings (SSSR count). The van der Waals surface area contributed by atoms with Crippen LogP contribution in [0, 0.1) is 20.8 Å². The molecule has 0 aliphatic heterocycles. The number of ether oxygens (including phenoxy) is 2. The van der Waals surface area contributed by atoms with E-state index in [-0.39, 0.29) is 11.9 Å². The van der Waals surface area contributed by atoms with Gasteiger partial charge in [0, 0.05) is 23.9 Å². The Morgan fingerprint density at radius 3 is 2.26 bits per heavy atom. The Morgan fingerprint density at radius 1 is 1.07 bits per heavy atom. The summed E-state index contributed by atoms with van der Waals surface area (Å²) < 4.78 is 10.7. The lowest BCUT2D eigenvalue weighted by Gasteiger charge is -2.25. The van der Waals surface area contributed by atoms with E-state index in [0.717, 1.165) is 33.9 Å². The molecule has 0 aliphatic carbocycles. The number of amides is 1. The molecule has 0 heterocycles. The molecule has 27 heavy (non-hydrogen) atoms. The number of carbonyl (C=O) groups excluding carboxylic acids is 1. The molecule has 0 fully saturated rings. The molecular weight excluding hydrogens is 340 g/mol. The van der Waals surface area contributed by atoms with E-state index in [4.69, 9.17) is 9.47 Å². The second-order valence-electron chi connectivity index (χ2n) is 7.03. The molecule has 146 valence electrons. The Hall–Kier alpha value is -2.53. The van der Waals surface area contributed by atoms with Gasteiger partial charge in [-0.05, 0) is 51.9 Å². The van der Waals surface area contributed by atoms with Crippen LogP contribution in [0.25, 0.3) is 0 Å². The molecule has 0 bridgehead atoms. The molecule has 0 aliphatic rings. The number of nitrogens with zero attached hydrogens (tertiary/aromatic N) is 1. The van der Waals surface area contributed by atoms with Crippen LogP contribution in [-0.4, -0.2) is 38.1 Å². The second-order valence-corrected chi connectivity index (χ2v) is 7.03. The van der Waals surface area contributed by atoms with E-state index in [1.165, 1.54) is 5.56 Å². The second kappa shape index (κ2) is 8.91. The maximum Gasteiger partial charge on any atom is 0.241 e. The van der Waals surface area contributed by atoms with E-state index in [2.05, 4.69) is 24.4 Å². The first-order chi connectivity index (χ1) is 12.8. The largest absolute Gasteiger partial charge is 0.497 e. The molecule has 5 heteroatoms. The highest BCUT2D eigenvalue weighted by atomic mass is 16.5. The first kappa shape index (κ1) is 20.8. The van der Waals surface area contributed by atoms with Gasteiger partial charge >= 0.3 is 0 Å². The Balaban J connectivity index is 2.11. The number of methoxy groups -OCH3 is 2. The maximum absolute atomic E-state index is 12.8. The highest BCUT2D eigenvalue weighted by Crippen LogP contribution is 2.26. The van der Waals surface area contributed by atoms with Gasteiger partial charge in [0.1, 0.15) is 11.5 Å². The van der Waals surface area contributed by atoms with Crippen molar-refractivity contribution in [2.45, 2.75) is 40.3 Å². The summed E-state index contributed by atoms with van der Waals surface area (Å²) in [6, 6.07) is 9.59. The van der Waals surface area contributed by atoms with Crippen molar-refractivity contribution in [3.8, 4) is 11.5 Å². The summed E-state index contributed by atoms with van der Waals surface area (Å²) in [6.07, 6.45) is 0. The molecule has 2 aromatic rings. The van der Waals surface area contributed by atoms with Crippen LogP contribution in [0.15, 0.2) is 30.3 Å². The summed E-state index contributed by atoms with van der Waals surface area (Å²) >= 11 is 0. The Bertz CT molecular complexity index is 794. The van der Waals surface area contributed by atoms with Crippen LogP contribution < -0.4 is 14.8 Å². The number of carbonyl (C=O) groups is 1. The third-order valence-electron chi connectivity index (χ3n) is 4.88. The van der Waals surface area contributed by atoms with Crippen LogP contribution in [0.2, 0.25) is 0 Å². The number of benzene rings is 2. The van der Waals surface area contributed by atoms with Crippen molar-refractivity contribution in [2.75, 3.05) is 26.6 Å². The number of hydrogen-bond donors (Lipinski definition) is 1. The molecule has 2 aromatic carbocycles. The van der Waals surface area contributed by atoms with Gasteiger partial charge in [0.25, 0.3) is 0 Å².